The van der Waals surface area contributed by atoms with Crippen molar-refractivity contribution in [3.05, 3.63) is 40.3 Å². The summed E-state index contributed by atoms with van der Waals surface area (Å²) in [6, 6.07) is 5.31. The predicted molar refractivity (Wildman–Crippen MR) is 61.1 cm³/mol. The number of hydrogen-bond acceptors (Lipinski definition) is 1. The molecule has 0 bridgehead atoms. The van der Waals surface area contributed by atoms with Crippen molar-refractivity contribution in [3.63, 3.8) is 0 Å². The first-order valence-electron chi connectivity index (χ1n) is 5.06. The molecular formula is C12H11F3S. The predicted octanol–water partition coefficient (Wildman–Crippen LogP) is 4.57. The van der Waals surface area contributed by atoms with Gasteiger partial charge in [0, 0.05) is 0 Å². The zero-order valence-electron chi connectivity index (χ0n) is 8.55. The SMILES string of the molecule is FC(F)(F)c1ccc(C=C2CCCS2)cc1. The Hall–Kier alpha value is -0.900. The third kappa shape index (κ3) is 2.82. The topological polar surface area (TPSA) is 0 Å². The van der Waals surface area contributed by atoms with E-state index in [9.17, 15) is 13.2 Å². The molecule has 2 rings (SSSR count). The van der Waals surface area contributed by atoms with Gasteiger partial charge in [-0.2, -0.15) is 13.2 Å². The highest BCUT2D eigenvalue weighted by atomic mass is 32.2. The van der Waals surface area contributed by atoms with Gasteiger partial charge in [-0.3, -0.25) is 0 Å². The Kier molecular flexibility index (Phi) is 3.28. The summed E-state index contributed by atoms with van der Waals surface area (Å²) in [6.07, 6.45) is -0.0611. The molecule has 0 radical (unpaired) electrons. The van der Waals surface area contributed by atoms with Gasteiger partial charge in [-0.1, -0.05) is 12.1 Å². The van der Waals surface area contributed by atoms with Crippen LogP contribution in [0.2, 0.25) is 0 Å². The van der Waals surface area contributed by atoms with Crippen LogP contribution in [-0.4, -0.2) is 5.75 Å². The van der Waals surface area contributed by atoms with E-state index >= 15 is 0 Å². The summed E-state index contributed by atoms with van der Waals surface area (Å²) in [4.78, 5) is 1.26. The van der Waals surface area contributed by atoms with Crippen LogP contribution in [0.5, 0.6) is 0 Å². The van der Waals surface area contributed by atoms with E-state index in [0.29, 0.717) is 0 Å². The van der Waals surface area contributed by atoms with Crippen molar-refractivity contribution >= 4 is 17.8 Å². The molecule has 1 aliphatic heterocycles. The van der Waals surface area contributed by atoms with E-state index in [1.807, 2.05) is 6.08 Å². The van der Waals surface area contributed by atoms with Crippen molar-refractivity contribution in [3.8, 4) is 0 Å². The first-order valence-corrected chi connectivity index (χ1v) is 6.05. The van der Waals surface area contributed by atoms with Gasteiger partial charge in [0.25, 0.3) is 0 Å². The van der Waals surface area contributed by atoms with Gasteiger partial charge in [-0.05, 0) is 47.3 Å². The van der Waals surface area contributed by atoms with Gasteiger partial charge in [0.2, 0.25) is 0 Å². The highest BCUT2D eigenvalue weighted by Crippen LogP contribution is 2.33. The van der Waals surface area contributed by atoms with Gasteiger partial charge >= 0.3 is 6.18 Å². The molecule has 1 aromatic carbocycles. The number of halogens is 3. The van der Waals surface area contributed by atoms with Gasteiger partial charge in [-0.25, -0.2) is 0 Å². The minimum atomic E-state index is -4.24. The van der Waals surface area contributed by atoms with E-state index in [1.54, 1.807) is 11.8 Å². The van der Waals surface area contributed by atoms with Crippen molar-refractivity contribution in [2.45, 2.75) is 19.0 Å². The van der Waals surface area contributed by atoms with Crippen molar-refractivity contribution in [1.82, 2.24) is 0 Å². The van der Waals surface area contributed by atoms with Gasteiger partial charge in [-0.15, -0.1) is 11.8 Å². The van der Waals surface area contributed by atoms with Crippen LogP contribution in [0.15, 0.2) is 29.2 Å². The van der Waals surface area contributed by atoms with E-state index < -0.39 is 11.7 Å². The van der Waals surface area contributed by atoms with Gasteiger partial charge < -0.3 is 0 Å². The molecule has 1 aromatic rings. The highest BCUT2D eigenvalue weighted by Gasteiger charge is 2.29. The van der Waals surface area contributed by atoms with Crippen LogP contribution >= 0.6 is 11.8 Å². The molecule has 86 valence electrons. The number of hydrogen-bond donors (Lipinski definition) is 0. The van der Waals surface area contributed by atoms with Crippen molar-refractivity contribution in [2.75, 3.05) is 5.75 Å². The van der Waals surface area contributed by atoms with Crippen LogP contribution < -0.4 is 0 Å². The molecule has 0 nitrogen and oxygen atoms in total. The summed E-state index contributed by atoms with van der Waals surface area (Å²) in [5, 5.41) is 0. The number of thioether (sulfide) groups is 1. The molecule has 0 saturated carbocycles. The molecule has 4 heteroatoms. The summed E-state index contributed by atoms with van der Waals surface area (Å²) < 4.78 is 36.9. The standard InChI is InChI=1S/C12H11F3S/c13-12(14,15)10-5-3-9(4-6-10)8-11-2-1-7-16-11/h3-6,8H,1-2,7H2. The monoisotopic (exact) mass is 244 g/mol. The molecule has 0 atom stereocenters. The number of alkyl halides is 3. The lowest BCUT2D eigenvalue weighted by Gasteiger charge is -2.06. The molecular weight excluding hydrogens is 233 g/mol. The highest BCUT2D eigenvalue weighted by molar-refractivity contribution is 8.03. The zero-order valence-corrected chi connectivity index (χ0v) is 9.37. The van der Waals surface area contributed by atoms with Crippen LogP contribution in [-0.2, 0) is 6.18 Å². The maximum absolute atomic E-state index is 12.3. The van der Waals surface area contributed by atoms with Gasteiger partial charge in [0.15, 0.2) is 0 Å². The number of benzene rings is 1. The molecule has 16 heavy (non-hydrogen) atoms. The minimum Gasteiger partial charge on any atom is -0.166 e. The Morgan fingerprint density at radius 2 is 1.81 bits per heavy atom. The Balaban J connectivity index is 2.16. The Labute approximate surface area is 96.5 Å². The quantitative estimate of drug-likeness (QED) is 0.697. The second-order valence-corrected chi connectivity index (χ2v) is 4.90. The summed E-state index contributed by atoms with van der Waals surface area (Å²) in [5.41, 5.74) is 0.256. The smallest absolute Gasteiger partial charge is 0.166 e. The van der Waals surface area contributed by atoms with E-state index in [4.69, 9.17) is 0 Å². The van der Waals surface area contributed by atoms with Crippen molar-refractivity contribution in [1.29, 1.82) is 0 Å². The van der Waals surface area contributed by atoms with E-state index in [1.165, 1.54) is 17.0 Å². The second kappa shape index (κ2) is 4.53. The number of allylic oxidation sites excluding steroid dienone is 1. The summed E-state index contributed by atoms with van der Waals surface area (Å²) >= 11 is 1.79. The molecule has 1 fully saturated rings. The maximum Gasteiger partial charge on any atom is 0.416 e. The maximum atomic E-state index is 12.3. The average Bonchev–Trinajstić information content (AvgIpc) is 2.70. The normalized spacial score (nSPS) is 19.3. The lowest BCUT2D eigenvalue weighted by molar-refractivity contribution is -0.137. The third-order valence-electron chi connectivity index (χ3n) is 2.42. The van der Waals surface area contributed by atoms with Gasteiger partial charge in [0.05, 0.1) is 5.56 Å². The molecule has 0 amide bonds. The summed E-state index contributed by atoms with van der Waals surface area (Å²) in [6.45, 7) is 0. The molecule has 0 N–H and O–H groups in total. The Morgan fingerprint density at radius 1 is 1.12 bits per heavy atom. The first kappa shape index (κ1) is 11.6. The largest absolute Gasteiger partial charge is 0.416 e. The van der Waals surface area contributed by atoms with Gasteiger partial charge in [0.1, 0.15) is 0 Å². The lowest BCUT2D eigenvalue weighted by atomic mass is 10.1. The van der Waals surface area contributed by atoms with Crippen molar-refractivity contribution < 1.29 is 13.2 Å². The van der Waals surface area contributed by atoms with Crippen molar-refractivity contribution in [2.24, 2.45) is 0 Å². The van der Waals surface area contributed by atoms with Crippen LogP contribution in [0.4, 0.5) is 13.2 Å². The second-order valence-electron chi connectivity index (χ2n) is 3.68. The Morgan fingerprint density at radius 3 is 2.31 bits per heavy atom. The van der Waals surface area contributed by atoms with E-state index in [0.717, 1.165) is 36.3 Å². The zero-order chi connectivity index (χ0) is 11.6. The van der Waals surface area contributed by atoms with Crippen LogP contribution in [0, 0.1) is 0 Å². The van der Waals surface area contributed by atoms with Crippen LogP contribution in [0.1, 0.15) is 24.0 Å². The fourth-order valence-electron chi connectivity index (χ4n) is 1.59. The first-order chi connectivity index (χ1) is 7.55. The fraction of sp³-hybridized carbons (Fsp3) is 0.333. The van der Waals surface area contributed by atoms with Crippen LogP contribution in [0.25, 0.3) is 6.08 Å². The molecule has 1 saturated heterocycles. The molecule has 1 heterocycles. The lowest BCUT2D eigenvalue weighted by Crippen LogP contribution is -2.03. The summed E-state index contributed by atoms with van der Waals surface area (Å²) in [5.74, 6) is 1.12. The molecule has 0 aliphatic carbocycles. The fourth-order valence-corrected chi connectivity index (χ4v) is 2.65. The molecule has 0 unspecified atom stereocenters. The molecule has 0 spiro atoms. The molecule has 1 aliphatic rings. The Bertz CT molecular complexity index is 382. The van der Waals surface area contributed by atoms with E-state index in [2.05, 4.69) is 0 Å². The molecule has 0 aromatic heterocycles. The third-order valence-corrected chi connectivity index (χ3v) is 3.61. The number of rotatable bonds is 1. The van der Waals surface area contributed by atoms with E-state index in [-0.39, 0.29) is 0 Å². The summed E-state index contributed by atoms with van der Waals surface area (Å²) in [7, 11) is 0. The minimum absolute atomic E-state index is 0.589. The van der Waals surface area contributed by atoms with Crippen LogP contribution in [0.3, 0.4) is 0 Å². The average molecular weight is 244 g/mol.